The molecule has 0 aliphatic carbocycles. The van der Waals surface area contributed by atoms with Crippen LogP contribution >= 0.6 is 0 Å². The lowest BCUT2D eigenvalue weighted by Crippen LogP contribution is -2.36. The lowest BCUT2D eigenvalue weighted by molar-refractivity contribution is 0.365. The first-order chi connectivity index (χ1) is 10.6. The topological polar surface area (TPSA) is 78.6 Å². The third kappa shape index (κ3) is 3.22. The molecule has 7 heteroatoms. The van der Waals surface area contributed by atoms with Crippen LogP contribution in [0.2, 0.25) is 0 Å². The van der Waals surface area contributed by atoms with Crippen LogP contribution in [-0.2, 0) is 25.8 Å². The van der Waals surface area contributed by atoms with E-state index in [0.717, 1.165) is 5.56 Å². The number of rotatable bonds is 4. The minimum absolute atomic E-state index is 0.118. The second kappa shape index (κ2) is 6.22. The Labute approximate surface area is 130 Å². The molecule has 2 aromatic rings. The van der Waals surface area contributed by atoms with Crippen LogP contribution in [0.1, 0.15) is 11.1 Å². The summed E-state index contributed by atoms with van der Waals surface area (Å²) in [4.78, 5) is 0.118. The van der Waals surface area contributed by atoms with Gasteiger partial charge in [-0.15, -0.1) is 0 Å². The van der Waals surface area contributed by atoms with Crippen LogP contribution in [0.5, 0.6) is 0 Å². The fraction of sp³-hybridized carbons (Fsp3) is 0.200. The minimum atomic E-state index is -3.82. The van der Waals surface area contributed by atoms with Gasteiger partial charge in [0.2, 0.25) is 10.0 Å². The van der Waals surface area contributed by atoms with Crippen molar-refractivity contribution in [3.63, 3.8) is 0 Å². The highest BCUT2D eigenvalue weighted by molar-refractivity contribution is 7.89. The SMILES string of the molecule is NS(=O)(=O)c1cccc(B2OCCO2)c1Cc1ccccc1. The number of nitrogens with two attached hydrogens (primary N) is 1. The second-order valence-corrected chi connectivity index (χ2v) is 6.63. The van der Waals surface area contributed by atoms with Crippen molar-refractivity contribution in [3.05, 3.63) is 59.7 Å². The standard InChI is InChI=1S/C15H16BNO4S/c17-22(18,19)15-8-4-7-14(16-20-9-10-21-16)13(15)11-12-5-2-1-3-6-12/h1-8H,9-11H2,(H2,17,18,19). The maximum atomic E-state index is 11.9. The maximum absolute atomic E-state index is 11.9. The predicted molar refractivity (Wildman–Crippen MR) is 84.4 cm³/mol. The third-order valence-electron chi connectivity index (χ3n) is 3.58. The summed E-state index contributed by atoms with van der Waals surface area (Å²) in [5.41, 5.74) is 2.34. The normalized spacial score (nSPS) is 15.2. The van der Waals surface area contributed by atoms with E-state index in [1.54, 1.807) is 6.07 Å². The molecule has 0 amide bonds. The van der Waals surface area contributed by atoms with Gasteiger partial charge in [-0.2, -0.15) is 0 Å². The van der Waals surface area contributed by atoms with Gasteiger partial charge in [0.25, 0.3) is 0 Å². The van der Waals surface area contributed by atoms with Crippen LogP contribution in [-0.4, -0.2) is 28.7 Å². The van der Waals surface area contributed by atoms with E-state index in [4.69, 9.17) is 14.4 Å². The highest BCUT2D eigenvalue weighted by Crippen LogP contribution is 2.18. The Morgan fingerprint density at radius 3 is 2.32 bits per heavy atom. The van der Waals surface area contributed by atoms with Gasteiger partial charge in [0, 0.05) is 0 Å². The number of sulfonamides is 1. The largest absolute Gasteiger partial charge is 0.494 e. The number of primary sulfonamides is 1. The monoisotopic (exact) mass is 317 g/mol. The van der Waals surface area contributed by atoms with Crippen molar-refractivity contribution in [2.45, 2.75) is 11.3 Å². The Balaban J connectivity index is 2.10. The van der Waals surface area contributed by atoms with Crippen molar-refractivity contribution < 1.29 is 17.7 Å². The quantitative estimate of drug-likeness (QED) is 0.841. The van der Waals surface area contributed by atoms with Crippen LogP contribution in [0, 0.1) is 0 Å². The Bertz CT molecular complexity index is 758. The molecule has 22 heavy (non-hydrogen) atoms. The molecule has 1 aliphatic rings. The smallest absolute Gasteiger partial charge is 0.405 e. The van der Waals surface area contributed by atoms with Crippen molar-refractivity contribution in [2.24, 2.45) is 5.14 Å². The van der Waals surface area contributed by atoms with E-state index in [0.29, 0.717) is 30.7 Å². The zero-order valence-corrected chi connectivity index (χ0v) is 12.8. The van der Waals surface area contributed by atoms with Crippen LogP contribution in [0.4, 0.5) is 0 Å². The summed E-state index contributed by atoms with van der Waals surface area (Å²) in [5.74, 6) is 0. The predicted octanol–water partition coefficient (Wildman–Crippen LogP) is 0.667. The maximum Gasteiger partial charge on any atom is 0.494 e. The average molecular weight is 317 g/mol. The molecule has 1 aliphatic heterocycles. The van der Waals surface area contributed by atoms with E-state index in [2.05, 4.69) is 0 Å². The zero-order valence-electron chi connectivity index (χ0n) is 11.9. The molecule has 5 nitrogen and oxygen atoms in total. The van der Waals surface area contributed by atoms with Gasteiger partial charge >= 0.3 is 7.12 Å². The lowest BCUT2D eigenvalue weighted by Gasteiger charge is -2.15. The first-order valence-electron chi connectivity index (χ1n) is 6.97. The molecule has 1 heterocycles. The van der Waals surface area contributed by atoms with E-state index >= 15 is 0 Å². The molecule has 0 saturated carbocycles. The van der Waals surface area contributed by atoms with Gasteiger partial charge in [0.05, 0.1) is 18.1 Å². The minimum Gasteiger partial charge on any atom is -0.405 e. The molecule has 0 spiro atoms. The second-order valence-electron chi connectivity index (χ2n) is 5.10. The molecule has 114 valence electrons. The van der Waals surface area contributed by atoms with E-state index in [1.165, 1.54) is 6.07 Å². The highest BCUT2D eigenvalue weighted by atomic mass is 32.2. The molecule has 0 unspecified atom stereocenters. The molecule has 2 N–H and O–H groups in total. The van der Waals surface area contributed by atoms with Crippen LogP contribution in [0.15, 0.2) is 53.4 Å². The van der Waals surface area contributed by atoms with Crippen molar-refractivity contribution in [3.8, 4) is 0 Å². The zero-order chi connectivity index (χ0) is 15.6. The first-order valence-corrected chi connectivity index (χ1v) is 8.52. The Hall–Kier alpha value is -1.67. The van der Waals surface area contributed by atoms with Gasteiger partial charge in [-0.05, 0) is 29.1 Å². The molecule has 0 aromatic heterocycles. The van der Waals surface area contributed by atoms with Crippen LogP contribution in [0.25, 0.3) is 0 Å². The lowest BCUT2D eigenvalue weighted by atomic mass is 9.75. The Kier molecular flexibility index (Phi) is 4.31. The fourth-order valence-corrected chi connectivity index (χ4v) is 3.40. The molecular formula is C15H16BNO4S. The van der Waals surface area contributed by atoms with Crippen molar-refractivity contribution in [1.82, 2.24) is 0 Å². The summed E-state index contributed by atoms with van der Waals surface area (Å²) in [6.45, 7) is 0.990. The Morgan fingerprint density at radius 1 is 1.00 bits per heavy atom. The molecular weight excluding hydrogens is 301 g/mol. The fourth-order valence-electron chi connectivity index (χ4n) is 2.60. The van der Waals surface area contributed by atoms with Gasteiger partial charge in [-0.25, -0.2) is 13.6 Å². The molecule has 3 rings (SSSR count). The number of hydrogen-bond donors (Lipinski definition) is 1. The third-order valence-corrected chi connectivity index (χ3v) is 4.57. The molecule has 1 saturated heterocycles. The van der Waals surface area contributed by atoms with E-state index in [1.807, 2.05) is 36.4 Å². The summed E-state index contributed by atoms with van der Waals surface area (Å²) in [7, 11) is -4.36. The van der Waals surface area contributed by atoms with Gasteiger partial charge in [-0.3, -0.25) is 0 Å². The van der Waals surface area contributed by atoms with E-state index < -0.39 is 17.1 Å². The molecule has 0 bridgehead atoms. The summed E-state index contributed by atoms with van der Waals surface area (Å²) < 4.78 is 34.9. The van der Waals surface area contributed by atoms with Gasteiger partial charge in [-0.1, -0.05) is 42.5 Å². The van der Waals surface area contributed by atoms with E-state index in [9.17, 15) is 8.42 Å². The molecule has 2 aromatic carbocycles. The number of hydrogen-bond acceptors (Lipinski definition) is 4. The Morgan fingerprint density at radius 2 is 1.68 bits per heavy atom. The summed E-state index contributed by atoms with van der Waals surface area (Å²) in [6, 6.07) is 14.6. The van der Waals surface area contributed by atoms with Gasteiger partial charge in [0.1, 0.15) is 0 Å². The van der Waals surface area contributed by atoms with Gasteiger partial charge < -0.3 is 9.31 Å². The average Bonchev–Trinajstić information content (AvgIpc) is 3.01. The molecule has 0 radical (unpaired) electrons. The van der Waals surface area contributed by atoms with Crippen LogP contribution in [0.3, 0.4) is 0 Å². The molecule has 0 atom stereocenters. The summed E-state index contributed by atoms with van der Waals surface area (Å²) in [6.07, 6.45) is 0.450. The summed E-state index contributed by atoms with van der Waals surface area (Å²) >= 11 is 0. The number of benzene rings is 2. The van der Waals surface area contributed by atoms with Crippen molar-refractivity contribution >= 4 is 22.6 Å². The highest BCUT2D eigenvalue weighted by Gasteiger charge is 2.31. The van der Waals surface area contributed by atoms with Crippen molar-refractivity contribution in [2.75, 3.05) is 13.2 Å². The summed E-state index contributed by atoms with van der Waals surface area (Å²) in [5, 5.41) is 5.37. The van der Waals surface area contributed by atoms with Crippen LogP contribution < -0.4 is 10.6 Å². The first kappa shape index (κ1) is 15.2. The van der Waals surface area contributed by atoms with E-state index in [-0.39, 0.29) is 4.90 Å². The molecule has 1 fully saturated rings. The van der Waals surface area contributed by atoms with Crippen molar-refractivity contribution in [1.29, 1.82) is 0 Å². The van der Waals surface area contributed by atoms with Gasteiger partial charge in [0.15, 0.2) is 0 Å².